The highest BCUT2D eigenvalue weighted by Crippen LogP contribution is 2.25. The van der Waals surface area contributed by atoms with E-state index in [9.17, 15) is 14.9 Å². The van der Waals surface area contributed by atoms with Crippen LogP contribution in [0.25, 0.3) is 0 Å². The summed E-state index contributed by atoms with van der Waals surface area (Å²) in [7, 11) is 0. The maximum atomic E-state index is 10.9. The molecule has 2 aromatic rings. The second kappa shape index (κ2) is 5.13. The Labute approximate surface area is 108 Å². The molecule has 0 saturated carbocycles. The van der Waals surface area contributed by atoms with Gasteiger partial charge in [-0.25, -0.2) is 0 Å². The van der Waals surface area contributed by atoms with Crippen LogP contribution in [0.1, 0.15) is 10.4 Å². The summed E-state index contributed by atoms with van der Waals surface area (Å²) in [6.45, 7) is 0. The molecular weight excluding hydrogens is 248 g/mol. The number of carbonyl (C=O) groups excluding carboxylic acids is 1. The standard InChI is InChI=1S/C12H10N4O3/c13-12(17)8-1-3-9(4-2-8)15-10-5-6-14-7-11(10)16(18)19/h1-7H,(H2,13,17)(H,14,15). The van der Waals surface area contributed by atoms with Gasteiger partial charge in [0.25, 0.3) is 0 Å². The van der Waals surface area contributed by atoms with E-state index in [1.807, 2.05) is 0 Å². The molecule has 0 unspecified atom stereocenters. The molecule has 7 heteroatoms. The van der Waals surface area contributed by atoms with Crippen LogP contribution in [0, 0.1) is 10.1 Å². The number of aromatic nitrogens is 1. The molecule has 1 heterocycles. The molecule has 1 aromatic heterocycles. The van der Waals surface area contributed by atoms with Gasteiger partial charge in [0.1, 0.15) is 11.9 Å². The number of amides is 1. The highest BCUT2D eigenvalue weighted by Gasteiger charge is 2.13. The number of nitrogens with zero attached hydrogens (tertiary/aromatic N) is 2. The topological polar surface area (TPSA) is 111 Å². The summed E-state index contributed by atoms with van der Waals surface area (Å²) in [4.78, 5) is 24.9. The van der Waals surface area contributed by atoms with E-state index < -0.39 is 10.8 Å². The number of rotatable bonds is 4. The normalized spacial score (nSPS) is 9.89. The third-order valence-corrected chi connectivity index (χ3v) is 2.45. The van der Waals surface area contributed by atoms with Gasteiger partial charge >= 0.3 is 5.69 Å². The fourth-order valence-electron chi connectivity index (χ4n) is 1.51. The zero-order valence-corrected chi connectivity index (χ0v) is 9.74. The number of nitrogens with one attached hydrogen (secondary N) is 1. The number of pyridine rings is 1. The summed E-state index contributed by atoms with van der Waals surface area (Å²) in [5.41, 5.74) is 6.31. The van der Waals surface area contributed by atoms with E-state index in [2.05, 4.69) is 10.3 Å². The van der Waals surface area contributed by atoms with Crippen molar-refractivity contribution in [1.29, 1.82) is 0 Å². The lowest BCUT2D eigenvalue weighted by Gasteiger charge is -2.06. The minimum Gasteiger partial charge on any atom is -0.366 e. The quantitative estimate of drug-likeness (QED) is 0.641. The predicted octanol–water partition coefficient (Wildman–Crippen LogP) is 1.83. The van der Waals surface area contributed by atoms with Gasteiger partial charge in [-0.3, -0.25) is 19.9 Å². The smallest absolute Gasteiger partial charge is 0.310 e. The van der Waals surface area contributed by atoms with Gasteiger partial charge in [0.15, 0.2) is 0 Å². The molecule has 1 aromatic carbocycles. The van der Waals surface area contributed by atoms with Gasteiger partial charge in [-0.2, -0.15) is 0 Å². The first kappa shape index (κ1) is 12.5. The van der Waals surface area contributed by atoms with Crippen LogP contribution in [0.5, 0.6) is 0 Å². The average molecular weight is 258 g/mol. The zero-order valence-electron chi connectivity index (χ0n) is 9.74. The summed E-state index contributed by atoms with van der Waals surface area (Å²) >= 11 is 0. The largest absolute Gasteiger partial charge is 0.366 e. The lowest BCUT2D eigenvalue weighted by atomic mass is 10.2. The Morgan fingerprint density at radius 1 is 1.26 bits per heavy atom. The summed E-state index contributed by atoms with van der Waals surface area (Å²) in [6, 6.07) is 7.81. The van der Waals surface area contributed by atoms with Crippen LogP contribution in [-0.2, 0) is 0 Å². The van der Waals surface area contributed by atoms with E-state index in [1.54, 1.807) is 12.1 Å². The molecule has 0 atom stereocenters. The molecule has 3 N–H and O–H groups in total. The number of hydrogen-bond donors (Lipinski definition) is 2. The molecule has 0 spiro atoms. The fourth-order valence-corrected chi connectivity index (χ4v) is 1.51. The number of nitrogens with two attached hydrogens (primary N) is 1. The monoisotopic (exact) mass is 258 g/mol. The van der Waals surface area contributed by atoms with E-state index in [-0.39, 0.29) is 5.69 Å². The third-order valence-electron chi connectivity index (χ3n) is 2.45. The van der Waals surface area contributed by atoms with Gasteiger partial charge in [-0.05, 0) is 30.3 Å². The van der Waals surface area contributed by atoms with Gasteiger partial charge in [0, 0.05) is 17.4 Å². The Balaban J connectivity index is 2.26. The van der Waals surface area contributed by atoms with Crippen LogP contribution in [-0.4, -0.2) is 15.8 Å². The molecule has 2 rings (SSSR count). The minimum atomic E-state index is -0.526. The number of primary amides is 1. The maximum Gasteiger partial charge on any atom is 0.310 e. The molecule has 0 saturated heterocycles. The molecule has 96 valence electrons. The maximum absolute atomic E-state index is 10.9. The number of carbonyl (C=O) groups is 1. The number of nitro groups is 1. The van der Waals surface area contributed by atoms with Crippen LogP contribution in [0.15, 0.2) is 42.7 Å². The Morgan fingerprint density at radius 3 is 2.53 bits per heavy atom. The van der Waals surface area contributed by atoms with Crippen LogP contribution >= 0.6 is 0 Å². The Hall–Kier alpha value is -2.96. The second-order valence-electron chi connectivity index (χ2n) is 3.72. The van der Waals surface area contributed by atoms with E-state index >= 15 is 0 Å². The van der Waals surface area contributed by atoms with E-state index in [0.29, 0.717) is 16.9 Å². The Morgan fingerprint density at radius 2 is 1.95 bits per heavy atom. The number of anilines is 2. The molecular formula is C12H10N4O3. The van der Waals surface area contributed by atoms with Gasteiger partial charge in [-0.15, -0.1) is 0 Å². The summed E-state index contributed by atoms with van der Waals surface area (Å²) in [5.74, 6) is -0.526. The van der Waals surface area contributed by atoms with Gasteiger partial charge in [0.2, 0.25) is 5.91 Å². The molecule has 0 bridgehead atoms. The van der Waals surface area contributed by atoms with Crippen LogP contribution in [0.3, 0.4) is 0 Å². The van der Waals surface area contributed by atoms with Crippen molar-refractivity contribution in [2.24, 2.45) is 5.73 Å². The summed E-state index contributed by atoms with van der Waals surface area (Å²) in [6.07, 6.45) is 2.62. The van der Waals surface area contributed by atoms with Gasteiger partial charge in [-0.1, -0.05) is 0 Å². The molecule has 0 aliphatic heterocycles. The molecule has 0 aliphatic rings. The molecule has 19 heavy (non-hydrogen) atoms. The van der Waals surface area contributed by atoms with Crippen molar-refractivity contribution < 1.29 is 9.72 Å². The molecule has 0 aliphatic carbocycles. The number of benzene rings is 1. The van der Waals surface area contributed by atoms with Crippen LogP contribution in [0.2, 0.25) is 0 Å². The van der Waals surface area contributed by atoms with Crippen LogP contribution in [0.4, 0.5) is 17.1 Å². The Kier molecular flexibility index (Phi) is 3.37. The van der Waals surface area contributed by atoms with Gasteiger partial charge in [0.05, 0.1) is 4.92 Å². The van der Waals surface area contributed by atoms with E-state index in [1.165, 1.54) is 30.6 Å². The van der Waals surface area contributed by atoms with Crippen molar-refractivity contribution in [1.82, 2.24) is 4.98 Å². The summed E-state index contributed by atoms with van der Waals surface area (Å²) in [5, 5.41) is 13.7. The van der Waals surface area contributed by atoms with Crippen molar-refractivity contribution >= 4 is 23.0 Å². The van der Waals surface area contributed by atoms with Crippen LogP contribution < -0.4 is 11.1 Å². The minimum absolute atomic E-state index is 0.124. The zero-order chi connectivity index (χ0) is 13.8. The SMILES string of the molecule is NC(=O)c1ccc(Nc2ccncc2[N+](=O)[O-])cc1. The lowest BCUT2D eigenvalue weighted by Crippen LogP contribution is -2.10. The highest BCUT2D eigenvalue weighted by molar-refractivity contribution is 5.93. The first-order chi connectivity index (χ1) is 9.08. The average Bonchev–Trinajstić information content (AvgIpc) is 2.39. The molecule has 0 radical (unpaired) electrons. The molecule has 7 nitrogen and oxygen atoms in total. The predicted molar refractivity (Wildman–Crippen MR) is 69.1 cm³/mol. The highest BCUT2D eigenvalue weighted by atomic mass is 16.6. The number of hydrogen-bond acceptors (Lipinski definition) is 5. The van der Waals surface area contributed by atoms with Crippen molar-refractivity contribution in [2.75, 3.05) is 5.32 Å². The van der Waals surface area contributed by atoms with Gasteiger partial charge < -0.3 is 11.1 Å². The first-order valence-electron chi connectivity index (χ1n) is 5.33. The first-order valence-corrected chi connectivity index (χ1v) is 5.33. The molecule has 1 amide bonds. The van der Waals surface area contributed by atoms with Crippen molar-refractivity contribution in [2.45, 2.75) is 0 Å². The van der Waals surface area contributed by atoms with E-state index in [0.717, 1.165) is 0 Å². The fraction of sp³-hybridized carbons (Fsp3) is 0. The van der Waals surface area contributed by atoms with E-state index in [4.69, 9.17) is 5.73 Å². The molecule has 0 fully saturated rings. The van der Waals surface area contributed by atoms with Crippen molar-refractivity contribution in [3.8, 4) is 0 Å². The third kappa shape index (κ3) is 2.83. The van der Waals surface area contributed by atoms with Crippen molar-refractivity contribution in [3.05, 3.63) is 58.4 Å². The van der Waals surface area contributed by atoms with Crippen molar-refractivity contribution in [3.63, 3.8) is 0 Å². The second-order valence-corrected chi connectivity index (χ2v) is 3.72. The lowest BCUT2D eigenvalue weighted by molar-refractivity contribution is -0.384. The summed E-state index contributed by atoms with van der Waals surface area (Å²) < 4.78 is 0. The Bertz CT molecular complexity index is 625.